The Labute approximate surface area is 148 Å². The predicted octanol–water partition coefficient (Wildman–Crippen LogP) is 3.73. The molecule has 0 spiro atoms. The average Bonchev–Trinajstić information content (AvgIpc) is 2.92. The maximum atomic E-state index is 12.2. The van der Waals surface area contributed by atoms with Crippen LogP contribution in [0.15, 0.2) is 30.3 Å². The van der Waals surface area contributed by atoms with Crippen molar-refractivity contribution < 1.29 is 18.0 Å². The van der Waals surface area contributed by atoms with E-state index in [1.807, 2.05) is 30.3 Å². The zero-order valence-corrected chi connectivity index (χ0v) is 14.9. The topological polar surface area (TPSA) is 45.2 Å². The van der Waals surface area contributed by atoms with E-state index in [4.69, 9.17) is 0 Å². The van der Waals surface area contributed by atoms with Crippen LogP contribution in [0, 0.1) is 6.92 Å². The molecule has 4 nitrogen and oxygen atoms in total. The van der Waals surface area contributed by atoms with Gasteiger partial charge in [-0.25, -0.2) is 4.98 Å². The fourth-order valence-electron chi connectivity index (χ4n) is 2.33. The number of carbonyl (C=O) groups is 1. The van der Waals surface area contributed by atoms with Gasteiger partial charge in [-0.3, -0.25) is 9.69 Å². The number of rotatable bonds is 7. The van der Waals surface area contributed by atoms with Gasteiger partial charge in [-0.1, -0.05) is 30.3 Å². The minimum Gasteiger partial charge on any atom is -0.351 e. The van der Waals surface area contributed by atoms with Gasteiger partial charge in [0.15, 0.2) is 0 Å². The summed E-state index contributed by atoms with van der Waals surface area (Å²) in [6.07, 6.45) is -3.76. The smallest absolute Gasteiger partial charge is 0.351 e. The lowest BCUT2D eigenvalue weighted by Crippen LogP contribution is -2.33. The predicted molar refractivity (Wildman–Crippen MR) is 92.8 cm³/mol. The summed E-state index contributed by atoms with van der Waals surface area (Å²) in [5.41, 5.74) is 1.60. The molecule has 0 bridgehead atoms. The fourth-order valence-corrected chi connectivity index (χ4v) is 3.32. The molecule has 2 rings (SSSR count). The summed E-state index contributed by atoms with van der Waals surface area (Å²) in [6.45, 7) is 1.40. The quantitative estimate of drug-likeness (QED) is 0.755. The molecular weight excluding hydrogens is 351 g/mol. The van der Waals surface area contributed by atoms with E-state index in [-0.39, 0.29) is 12.5 Å². The second-order valence-electron chi connectivity index (χ2n) is 5.76. The summed E-state index contributed by atoms with van der Waals surface area (Å²) in [5, 5.41) is 3.52. The number of nitrogens with zero attached hydrogens (tertiary/aromatic N) is 2. The number of amides is 1. The first-order chi connectivity index (χ1) is 11.8. The number of nitrogens with one attached hydrogen (secondary N) is 1. The van der Waals surface area contributed by atoms with Crippen LogP contribution in [-0.4, -0.2) is 48.6 Å². The number of thiazole rings is 1. The summed E-state index contributed by atoms with van der Waals surface area (Å²) in [7, 11) is 1.41. The SMILES string of the molecule is Cc1nc(-c2ccccc2)sc1C(=O)NCCCN(C)CC(F)(F)F. The molecule has 0 aliphatic heterocycles. The fraction of sp³-hybridized carbons (Fsp3) is 0.412. The first kappa shape index (κ1) is 19.4. The van der Waals surface area contributed by atoms with Crippen LogP contribution >= 0.6 is 11.3 Å². The molecule has 0 saturated carbocycles. The Kier molecular flexibility index (Phi) is 6.55. The molecule has 0 atom stereocenters. The van der Waals surface area contributed by atoms with Crippen LogP contribution in [0.3, 0.4) is 0 Å². The minimum atomic E-state index is -4.20. The molecule has 25 heavy (non-hydrogen) atoms. The highest BCUT2D eigenvalue weighted by Crippen LogP contribution is 2.27. The van der Waals surface area contributed by atoms with Gasteiger partial charge in [0, 0.05) is 12.1 Å². The normalized spacial score (nSPS) is 11.8. The molecule has 1 amide bonds. The molecule has 1 N–H and O–H groups in total. The number of halogens is 3. The third-order valence-electron chi connectivity index (χ3n) is 3.47. The lowest BCUT2D eigenvalue weighted by Gasteiger charge is -2.18. The molecule has 1 aromatic heterocycles. The molecule has 1 heterocycles. The average molecular weight is 371 g/mol. The van der Waals surface area contributed by atoms with Crippen molar-refractivity contribution in [3.63, 3.8) is 0 Å². The number of aryl methyl sites for hydroxylation is 1. The molecule has 0 unspecified atom stereocenters. The highest BCUT2D eigenvalue weighted by Gasteiger charge is 2.28. The third-order valence-corrected chi connectivity index (χ3v) is 4.68. The Morgan fingerprint density at radius 1 is 1.28 bits per heavy atom. The maximum absolute atomic E-state index is 12.2. The second-order valence-corrected chi connectivity index (χ2v) is 6.76. The summed E-state index contributed by atoms with van der Waals surface area (Å²) in [6, 6.07) is 9.58. The van der Waals surface area contributed by atoms with Gasteiger partial charge in [-0.05, 0) is 26.9 Å². The molecule has 0 aliphatic rings. The number of alkyl halides is 3. The van der Waals surface area contributed by atoms with Crippen LogP contribution in [-0.2, 0) is 0 Å². The van der Waals surface area contributed by atoms with E-state index in [1.165, 1.54) is 23.3 Å². The Morgan fingerprint density at radius 2 is 1.96 bits per heavy atom. The van der Waals surface area contributed by atoms with Gasteiger partial charge in [-0.15, -0.1) is 11.3 Å². The first-order valence-corrected chi connectivity index (χ1v) is 8.64. The van der Waals surface area contributed by atoms with E-state index in [0.29, 0.717) is 23.5 Å². The highest BCUT2D eigenvalue weighted by molar-refractivity contribution is 7.17. The third kappa shape index (κ3) is 6.13. The molecule has 0 saturated heterocycles. The number of benzene rings is 1. The highest BCUT2D eigenvalue weighted by atomic mass is 32.1. The van der Waals surface area contributed by atoms with Crippen LogP contribution in [0.5, 0.6) is 0 Å². The van der Waals surface area contributed by atoms with Gasteiger partial charge in [0.2, 0.25) is 0 Å². The van der Waals surface area contributed by atoms with Crippen LogP contribution in [0.4, 0.5) is 13.2 Å². The maximum Gasteiger partial charge on any atom is 0.401 e. The van der Waals surface area contributed by atoms with Gasteiger partial charge in [0.1, 0.15) is 9.88 Å². The van der Waals surface area contributed by atoms with Gasteiger partial charge in [0.05, 0.1) is 12.2 Å². The standard InChI is InChI=1S/C17H20F3N3OS/c1-12-14(25-16(22-12)13-7-4-3-5-8-13)15(24)21-9-6-10-23(2)11-17(18,19)20/h3-5,7-8H,6,9-11H2,1-2H3,(H,21,24). The van der Waals surface area contributed by atoms with Crippen LogP contribution in [0.25, 0.3) is 10.6 Å². The summed E-state index contributed by atoms with van der Waals surface area (Å²) in [5.74, 6) is -0.240. The monoisotopic (exact) mass is 371 g/mol. The van der Waals surface area contributed by atoms with Gasteiger partial charge < -0.3 is 5.32 Å². The van der Waals surface area contributed by atoms with E-state index < -0.39 is 12.7 Å². The second kappa shape index (κ2) is 8.44. The molecule has 0 radical (unpaired) electrons. The lowest BCUT2D eigenvalue weighted by atomic mass is 10.2. The van der Waals surface area contributed by atoms with Gasteiger partial charge >= 0.3 is 6.18 Å². The van der Waals surface area contributed by atoms with E-state index >= 15 is 0 Å². The van der Waals surface area contributed by atoms with Crippen LogP contribution in [0.1, 0.15) is 21.8 Å². The molecule has 2 aromatic rings. The molecule has 8 heteroatoms. The van der Waals surface area contributed by atoms with E-state index in [9.17, 15) is 18.0 Å². The molecule has 0 fully saturated rings. The van der Waals surface area contributed by atoms with Crippen LogP contribution in [0.2, 0.25) is 0 Å². The zero-order chi connectivity index (χ0) is 18.4. The zero-order valence-electron chi connectivity index (χ0n) is 14.1. The van der Waals surface area contributed by atoms with Gasteiger partial charge in [0.25, 0.3) is 5.91 Å². The van der Waals surface area contributed by atoms with Crippen molar-refractivity contribution >= 4 is 17.2 Å². The molecule has 0 aliphatic carbocycles. The Bertz CT molecular complexity index is 701. The van der Waals surface area contributed by atoms with Crippen LogP contribution < -0.4 is 5.32 Å². The lowest BCUT2D eigenvalue weighted by molar-refractivity contribution is -0.143. The van der Waals surface area contributed by atoms with Crippen molar-refractivity contribution in [2.75, 3.05) is 26.7 Å². The van der Waals surface area contributed by atoms with E-state index in [0.717, 1.165) is 10.6 Å². The summed E-state index contributed by atoms with van der Waals surface area (Å²) >= 11 is 1.31. The van der Waals surface area contributed by atoms with E-state index in [1.54, 1.807) is 6.92 Å². The Hall–Kier alpha value is -1.93. The number of carbonyl (C=O) groups excluding carboxylic acids is 1. The molecule has 136 valence electrons. The first-order valence-electron chi connectivity index (χ1n) is 7.82. The Balaban J connectivity index is 1.84. The van der Waals surface area contributed by atoms with Crippen molar-refractivity contribution in [3.8, 4) is 10.6 Å². The number of hydrogen-bond acceptors (Lipinski definition) is 4. The minimum absolute atomic E-state index is 0.240. The number of hydrogen-bond donors (Lipinski definition) is 1. The molecule has 1 aromatic carbocycles. The van der Waals surface area contributed by atoms with E-state index in [2.05, 4.69) is 10.3 Å². The van der Waals surface area contributed by atoms with Crippen molar-refractivity contribution in [2.24, 2.45) is 0 Å². The van der Waals surface area contributed by atoms with Crippen molar-refractivity contribution in [1.82, 2.24) is 15.2 Å². The van der Waals surface area contributed by atoms with Crippen molar-refractivity contribution in [3.05, 3.63) is 40.9 Å². The van der Waals surface area contributed by atoms with Crippen molar-refractivity contribution in [1.29, 1.82) is 0 Å². The summed E-state index contributed by atoms with van der Waals surface area (Å²) in [4.78, 5) is 18.4. The van der Waals surface area contributed by atoms with Gasteiger partial charge in [-0.2, -0.15) is 13.2 Å². The van der Waals surface area contributed by atoms with Crippen molar-refractivity contribution in [2.45, 2.75) is 19.5 Å². The number of aromatic nitrogens is 1. The molecular formula is C17H20F3N3OS. The Morgan fingerprint density at radius 3 is 2.60 bits per heavy atom. The largest absolute Gasteiger partial charge is 0.401 e. The summed E-state index contributed by atoms with van der Waals surface area (Å²) < 4.78 is 36.7.